The molecule has 2 amide bonds. The molecule has 0 radical (unpaired) electrons. The molecule has 0 saturated carbocycles. The number of piperazine rings is 1. The van der Waals surface area contributed by atoms with Gasteiger partial charge in [-0.25, -0.2) is 9.48 Å². The lowest BCUT2D eigenvalue weighted by atomic mass is 10.0. The molecule has 0 spiro atoms. The number of ether oxygens (including phenoxy) is 1. The maximum atomic E-state index is 13.4. The van der Waals surface area contributed by atoms with Crippen LogP contribution in [0, 0.1) is 0 Å². The van der Waals surface area contributed by atoms with Gasteiger partial charge in [0.15, 0.2) is 5.15 Å². The van der Waals surface area contributed by atoms with Gasteiger partial charge >= 0.3 is 5.97 Å². The molecule has 1 aliphatic rings. The van der Waals surface area contributed by atoms with Crippen molar-refractivity contribution in [3.8, 4) is 5.69 Å². The van der Waals surface area contributed by atoms with E-state index in [-0.39, 0.29) is 24.7 Å². The summed E-state index contributed by atoms with van der Waals surface area (Å²) in [5.41, 5.74) is 0.847. The summed E-state index contributed by atoms with van der Waals surface area (Å²) >= 11 is 12.1. The fraction of sp³-hybridized carbons (Fsp3) is 0.333. The molecule has 0 N–H and O–H groups in total. The summed E-state index contributed by atoms with van der Waals surface area (Å²) in [5, 5.41) is 8.26. The number of halogens is 2. The van der Waals surface area contributed by atoms with Gasteiger partial charge < -0.3 is 9.64 Å². The van der Waals surface area contributed by atoms with Crippen molar-refractivity contribution in [1.82, 2.24) is 24.9 Å². The summed E-state index contributed by atoms with van der Waals surface area (Å²) in [6.45, 7) is 4.62. The quantitative estimate of drug-likeness (QED) is 0.450. The van der Waals surface area contributed by atoms with E-state index < -0.39 is 29.4 Å². The molecule has 1 unspecified atom stereocenters. The van der Waals surface area contributed by atoms with Gasteiger partial charge in [-0.2, -0.15) is 0 Å². The van der Waals surface area contributed by atoms with Crippen LogP contribution in [0.25, 0.3) is 5.69 Å². The second kappa shape index (κ2) is 10.2. The molecule has 1 atom stereocenters. The van der Waals surface area contributed by atoms with Crippen molar-refractivity contribution in [3.63, 3.8) is 0 Å². The molecule has 0 aliphatic carbocycles. The monoisotopic (exact) mass is 530 g/mol. The minimum absolute atomic E-state index is 0.166. The first-order valence-electron chi connectivity index (χ1n) is 11.1. The normalized spacial score (nSPS) is 15.2. The van der Waals surface area contributed by atoms with Crippen LogP contribution in [-0.2, 0) is 25.5 Å². The molecule has 1 aromatic carbocycles. The molecule has 3 aromatic rings. The predicted octanol–water partition coefficient (Wildman–Crippen LogP) is 3.10. The fourth-order valence-corrected chi connectivity index (χ4v) is 4.13. The molecule has 2 aromatic heterocycles. The van der Waals surface area contributed by atoms with E-state index in [1.165, 1.54) is 20.7 Å². The molecule has 188 valence electrons. The summed E-state index contributed by atoms with van der Waals surface area (Å²) < 4.78 is 6.99. The Labute approximate surface area is 217 Å². The molecule has 3 heterocycles. The van der Waals surface area contributed by atoms with Crippen LogP contribution in [-0.4, -0.2) is 67.4 Å². The highest BCUT2D eigenvalue weighted by molar-refractivity contribution is 6.31. The maximum Gasteiger partial charge on any atom is 0.329 e. The zero-order valence-corrected chi connectivity index (χ0v) is 21.4. The van der Waals surface area contributed by atoms with Gasteiger partial charge in [0.1, 0.15) is 24.7 Å². The van der Waals surface area contributed by atoms with Crippen LogP contribution >= 0.6 is 23.2 Å². The van der Waals surface area contributed by atoms with Gasteiger partial charge in [0, 0.05) is 23.8 Å². The van der Waals surface area contributed by atoms with E-state index in [0.29, 0.717) is 16.4 Å². The molecule has 10 nitrogen and oxygen atoms in total. The molecule has 12 heteroatoms. The first kappa shape index (κ1) is 25.6. The summed E-state index contributed by atoms with van der Waals surface area (Å²) in [5.74, 6) is -1.40. The van der Waals surface area contributed by atoms with Crippen molar-refractivity contribution < 1.29 is 19.1 Å². The van der Waals surface area contributed by atoms with Gasteiger partial charge in [-0.05, 0) is 56.7 Å². The number of amides is 2. The first-order chi connectivity index (χ1) is 17.0. The van der Waals surface area contributed by atoms with E-state index in [2.05, 4.69) is 15.3 Å². The third-order valence-corrected chi connectivity index (χ3v) is 5.80. The molecule has 4 rings (SSSR count). The Kier molecular flexibility index (Phi) is 7.28. The number of aromatic nitrogens is 4. The van der Waals surface area contributed by atoms with Crippen LogP contribution in [0.1, 0.15) is 26.3 Å². The number of esters is 1. The summed E-state index contributed by atoms with van der Waals surface area (Å²) in [7, 11) is 0. The number of rotatable bonds is 6. The third kappa shape index (κ3) is 5.83. The standard InChI is InChI=1S/C24H24Cl2N6O4/c1-24(2,3)36-23(35)19(10-15-6-8-27-9-7-15)31-14-21(33)30(13-22(31)34)18-11-16(25)4-5-17(18)32-12-20(26)28-29-32/h4-9,11-12,19H,10,13-14H2,1-3H3. The number of hydrogen-bond donors (Lipinski definition) is 0. The van der Waals surface area contributed by atoms with E-state index in [1.54, 1.807) is 63.5 Å². The van der Waals surface area contributed by atoms with Crippen LogP contribution in [0.2, 0.25) is 10.2 Å². The largest absolute Gasteiger partial charge is 0.458 e. The van der Waals surface area contributed by atoms with Crippen molar-refractivity contribution in [1.29, 1.82) is 0 Å². The van der Waals surface area contributed by atoms with E-state index in [9.17, 15) is 14.4 Å². The van der Waals surface area contributed by atoms with Gasteiger partial charge in [-0.3, -0.25) is 19.5 Å². The van der Waals surface area contributed by atoms with Gasteiger partial charge in [-0.1, -0.05) is 28.4 Å². The lowest BCUT2D eigenvalue weighted by molar-refractivity contribution is -0.165. The minimum Gasteiger partial charge on any atom is -0.458 e. The van der Waals surface area contributed by atoms with E-state index in [4.69, 9.17) is 27.9 Å². The average molecular weight is 531 g/mol. The minimum atomic E-state index is -0.988. The van der Waals surface area contributed by atoms with Gasteiger partial charge in [0.2, 0.25) is 11.8 Å². The molecule has 1 fully saturated rings. The van der Waals surface area contributed by atoms with Gasteiger partial charge in [0.05, 0.1) is 17.6 Å². The Morgan fingerprint density at radius 1 is 1.06 bits per heavy atom. The molecular formula is C24H24Cl2N6O4. The van der Waals surface area contributed by atoms with E-state index in [1.807, 2.05) is 0 Å². The zero-order chi connectivity index (χ0) is 26.0. The van der Waals surface area contributed by atoms with Crippen molar-refractivity contribution >= 4 is 46.7 Å². The SMILES string of the molecule is CC(C)(C)OC(=O)C(Cc1ccncc1)N1CC(=O)N(c2cc(Cl)ccc2-n2cc(Cl)nn2)CC1=O. The number of carbonyl (C=O) groups is 3. The van der Waals surface area contributed by atoms with E-state index in [0.717, 1.165) is 5.56 Å². The van der Waals surface area contributed by atoms with Crippen LogP contribution in [0.4, 0.5) is 5.69 Å². The van der Waals surface area contributed by atoms with Crippen LogP contribution in [0.5, 0.6) is 0 Å². The van der Waals surface area contributed by atoms with Crippen LogP contribution < -0.4 is 4.90 Å². The summed E-state index contributed by atoms with van der Waals surface area (Å²) in [6.07, 6.45) is 4.85. The number of hydrogen-bond acceptors (Lipinski definition) is 7. The van der Waals surface area contributed by atoms with Crippen molar-refractivity contribution in [2.45, 2.75) is 38.8 Å². The molecule has 1 saturated heterocycles. The van der Waals surface area contributed by atoms with Crippen LogP contribution in [0.3, 0.4) is 0 Å². The summed E-state index contributed by atoms with van der Waals surface area (Å²) in [4.78, 5) is 46.5. The topological polar surface area (TPSA) is 111 Å². The third-order valence-electron chi connectivity index (χ3n) is 5.39. The number of benzene rings is 1. The Balaban J connectivity index is 1.64. The first-order valence-corrected chi connectivity index (χ1v) is 11.9. The van der Waals surface area contributed by atoms with Crippen molar-refractivity contribution in [2.24, 2.45) is 0 Å². The number of pyridine rings is 1. The van der Waals surface area contributed by atoms with Crippen LogP contribution in [0.15, 0.2) is 48.9 Å². The average Bonchev–Trinajstić information content (AvgIpc) is 3.24. The number of carbonyl (C=O) groups excluding carboxylic acids is 3. The highest BCUT2D eigenvalue weighted by Gasteiger charge is 2.40. The maximum absolute atomic E-state index is 13.4. The fourth-order valence-electron chi connectivity index (χ4n) is 3.84. The number of anilines is 1. The van der Waals surface area contributed by atoms with Crippen molar-refractivity contribution in [3.05, 3.63) is 64.7 Å². The lowest BCUT2D eigenvalue weighted by Crippen LogP contribution is -2.60. The predicted molar refractivity (Wildman–Crippen MR) is 133 cm³/mol. The molecule has 0 bridgehead atoms. The highest BCUT2D eigenvalue weighted by atomic mass is 35.5. The zero-order valence-electron chi connectivity index (χ0n) is 19.9. The van der Waals surface area contributed by atoms with E-state index >= 15 is 0 Å². The second-order valence-electron chi connectivity index (χ2n) is 9.23. The Morgan fingerprint density at radius 3 is 2.42 bits per heavy atom. The molecule has 1 aliphatic heterocycles. The summed E-state index contributed by atoms with van der Waals surface area (Å²) in [6, 6.07) is 7.36. The Morgan fingerprint density at radius 2 is 1.78 bits per heavy atom. The lowest BCUT2D eigenvalue weighted by Gasteiger charge is -2.38. The van der Waals surface area contributed by atoms with Gasteiger partial charge in [0.25, 0.3) is 0 Å². The van der Waals surface area contributed by atoms with Crippen molar-refractivity contribution in [2.75, 3.05) is 18.0 Å². The second-order valence-corrected chi connectivity index (χ2v) is 10.1. The van der Waals surface area contributed by atoms with Gasteiger partial charge in [-0.15, -0.1) is 5.10 Å². The Bertz CT molecular complexity index is 1290. The number of nitrogens with zero attached hydrogens (tertiary/aromatic N) is 6. The molecular weight excluding hydrogens is 507 g/mol. The Hall–Kier alpha value is -3.50. The molecule has 36 heavy (non-hydrogen) atoms. The smallest absolute Gasteiger partial charge is 0.329 e. The highest BCUT2D eigenvalue weighted by Crippen LogP contribution is 2.30.